The van der Waals surface area contributed by atoms with Crippen molar-refractivity contribution in [3.63, 3.8) is 0 Å². The summed E-state index contributed by atoms with van der Waals surface area (Å²) in [4.78, 5) is 0. The van der Waals surface area contributed by atoms with Gasteiger partial charge in [-0.25, -0.2) is 0 Å². The number of alkyl halides is 1. The molecule has 7 atom stereocenters. The SMILES string of the molecule is CC1(C)CCC[C@]2(C)[C@H]3C[C@@H]([C@@](O)(CO)[C@@H](Cl)CO)O[C@]3(C)CC[C@@H]12. The summed E-state index contributed by atoms with van der Waals surface area (Å²) in [5, 5.41) is 29.3. The maximum atomic E-state index is 11.0. The van der Waals surface area contributed by atoms with E-state index in [-0.39, 0.29) is 17.6 Å². The number of hydrogen-bond acceptors (Lipinski definition) is 4. The van der Waals surface area contributed by atoms with Crippen molar-refractivity contribution in [3.05, 3.63) is 0 Å². The van der Waals surface area contributed by atoms with Gasteiger partial charge in [0.15, 0.2) is 0 Å². The number of rotatable bonds is 4. The van der Waals surface area contributed by atoms with Crippen LogP contribution in [0, 0.1) is 22.7 Å². The Kier molecular flexibility index (Phi) is 5.04. The van der Waals surface area contributed by atoms with E-state index in [1.54, 1.807) is 0 Å². The van der Waals surface area contributed by atoms with E-state index in [2.05, 4.69) is 27.7 Å². The van der Waals surface area contributed by atoms with Crippen molar-refractivity contribution in [2.45, 2.75) is 88.9 Å². The molecular formula is C20H35ClO4. The first kappa shape index (κ1) is 19.9. The molecule has 1 saturated heterocycles. The molecule has 0 aromatic rings. The minimum Gasteiger partial charge on any atom is -0.395 e. The number of fused-ring (bicyclic) bond motifs is 3. The molecular weight excluding hydrogens is 340 g/mol. The van der Waals surface area contributed by atoms with Crippen LogP contribution >= 0.6 is 11.6 Å². The van der Waals surface area contributed by atoms with Crippen molar-refractivity contribution in [2.24, 2.45) is 22.7 Å². The fourth-order valence-corrected chi connectivity index (χ4v) is 6.93. The van der Waals surface area contributed by atoms with E-state index >= 15 is 0 Å². The van der Waals surface area contributed by atoms with E-state index in [1.165, 1.54) is 19.3 Å². The molecule has 0 aromatic heterocycles. The van der Waals surface area contributed by atoms with Gasteiger partial charge in [0.1, 0.15) is 5.60 Å². The maximum Gasteiger partial charge on any atom is 0.132 e. The van der Waals surface area contributed by atoms with Crippen LogP contribution in [0.3, 0.4) is 0 Å². The fraction of sp³-hybridized carbons (Fsp3) is 1.00. The van der Waals surface area contributed by atoms with Crippen LogP contribution < -0.4 is 0 Å². The third-order valence-electron chi connectivity index (χ3n) is 8.11. The molecule has 0 amide bonds. The molecule has 1 aliphatic heterocycles. The van der Waals surface area contributed by atoms with Gasteiger partial charge in [0.25, 0.3) is 0 Å². The molecule has 146 valence electrons. The summed E-state index contributed by atoms with van der Waals surface area (Å²) >= 11 is 6.17. The summed E-state index contributed by atoms with van der Waals surface area (Å²) in [6.45, 7) is 8.49. The van der Waals surface area contributed by atoms with Crippen molar-refractivity contribution >= 4 is 11.6 Å². The van der Waals surface area contributed by atoms with Crippen LogP contribution in [-0.4, -0.2) is 51.2 Å². The lowest BCUT2D eigenvalue weighted by Crippen LogP contribution is -2.56. The van der Waals surface area contributed by atoms with Crippen LogP contribution in [0.1, 0.15) is 66.2 Å². The molecule has 2 saturated carbocycles. The zero-order valence-corrected chi connectivity index (χ0v) is 16.9. The van der Waals surface area contributed by atoms with Gasteiger partial charge >= 0.3 is 0 Å². The Bertz CT molecular complexity index is 512. The quantitative estimate of drug-likeness (QED) is 0.661. The summed E-state index contributed by atoms with van der Waals surface area (Å²) < 4.78 is 6.41. The van der Waals surface area contributed by atoms with E-state index in [0.29, 0.717) is 23.7 Å². The second-order valence-electron chi connectivity index (χ2n) is 9.95. The predicted molar refractivity (Wildman–Crippen MR) is 98.6 cm³/mol. The van der Waals surface area contributed by atoms with Gasteiger partial charge in [-0.1, -0.05) is 27.2 Å². The van der Waals surface area contributed by atoms with Crippen LogP contribution in [0.15, 0.2) is 0 Å². The zero-order chi connectivity index (χ0) is 18.7. The number of aliphatic hydroxyl groups is 3. The first-order valence-electron chi connectivity index (χ1n) is 9.79. The highest BCUT2D eigenvalue weighted by Crippen LogP contribution is 2.66. The Morgan fingerprint density at radius 2 is 1.80 bits per heavy atom. The van der Waals surface area contributed by atoms with Gasteiger partial charge in [0.2, 0.25) is 0 Å². The van der Waals surface area contributed by atoms with Crippen LogP contribution in [0.2, 0.25) is 0 Å². The second kappa shape index (κ2) is 6.34. The lowest BCUT2D eigenvalue weighted by Gasteiger charge is -2.60. The average Bonchev–Trinajstić information content (AvgIpc) is 2.92. The van der Waals surface area contributed by atoms with E-state index in [0.717, 1.165) is 12.8 Å². The number of aliphatic hydroxyl groups excluding tert-OH is 2. The monoisotopic (exact) mass is 374 g/mol. The molecule has 1 heterocycles. The highest BCUT2D eigenvalue weighted by atomic mass is 35.5. The first-order valence-corrected chi connectivity index (χ1v) is 10.2. The molecule has 3 fully saturated rings. The zero-order valence-electron chi connectivity index (χ0n) is 16.1. The minimum atomic E-state index is -1.60. The highest BCUT2D eigenvalue weighted by molar-refractivity contribution is 6.21. The summed E-state index contributed by atoms with van der Waals surface area (Å²) in [7, 11) is 0. The van der Waals surface area contributed by atoms with Gasteiger partial charge in [0, 0.05) is 0 Å². The summed E-state index contributed by atoms with van der Waals surface area (Å²) in [5.41, 5.74) is -1.38. The normalized spacial score (nSPS) is 46.8. The standard InChI is InChI=1S/C20H35ClO4/c1-17(2)7-5-8-18(3)13(17)6-9-19(4)14(18)10-16(25-19)20(24,12-23)15(21)11-22/h13-16,22-24H,5-12H2,1-4H3/t13-,14+,15-,16-,18-,19+,20+/m0/s1. The minimum absolute atomic E-state index is 0.181. The number of ether oxygens (including phenoxy) is 1. The molecule has 0 bridgehead atoms. The molecule has 5 heteroatoms. The van der Waals surface area contributed by atoms with E-state index < -0.39 is 23.7 Å². The van der Waals surface area contributed by atoms with E-state index in [1.807, 2.05) is 0 Å². The molecule has 4 nitrogen and oxygen atoms in total. The summed E-state index contributed by atoms with van der Waals surface area (Å²) in [5.74, 6) is 0.991. The molecule has 0 spiro atoms. The van der Waals surface area contributed by atoms with Crippen LogP contribution in [-0.2, 0) is 4.74 Å². The lowest BCUT2D eigenvalue weighted by atomic mass is 9.45. The molecule has 3 rings (SSSR count). The smallest absolute Gasteiger partial charge is 0.132 e. The first-order chi connectivity index (χ1) is 11.5. The largest absolute Gasteiger partial charge is 0.395 e. The van der Waals surface area contributed by atoms with Gasteiger partial charge in [-0.3, -0.25) is 0 Å². The van der Waals surface area contributed by atoms with Gasteiger partial charge in [-0.05, 0) is 61.7 Å². The number of hydrogen-bond donors (Lipinski definition) is 3. The Labute approximate surface area is 156 Å². The molecule has 0 unspecified atom stereocenters. The molecule has 3 aliphatic rings. The third kappa shape index (κ3) is 2.87. The lowest BCUT2D eigenvalue weighted by molar-refractivity contribution is -0.185. The predicted octanol–water partition coefficient (Wildman–Crippen LogP) is 3.10. The molecule has 3 N–H and O–H groups in total. The third-order valence-corrected chi connectivity index (χ3v) is 8.63. The van der Waals surface area contributed by atoms with Gasteiger partial charge in [-0.15, -0.1) is 11.6 Å². The summed E-state index contributed by atoms with van der Waals surface area (Å²) in [6, 6.07) is 0. The second-order valence-corrected chi connectivity index (χ2v) is 10.5. The van der Waals surface area contributed by atoms with Gasteiger partial charge in [-0.2, -0.15) is 0 Å². The molecule has 25 heavy (non-hydrogen) atoms. The van der Waals surface area contributed by atoms with Crippen molar-refractivity contribution in [1.82, 2.24) is 0 Å². The van der Waals surface area contributed by atoms with E-state index in [4.69, 9.17) is 16.3 Å². The molecule has 0 radical (unpaired) electrons. The van der Waals surface area contributed by atoms with Crippen molar-refractivity contribution in [2.75, 3.05) is 13.2 Å². The van der Waals surface area contributed by atoms with Crippen molar-refractivity contribution in [1.29, 1.82) is 0 Å². The topological polar surface area (TPSA) is 69.9 Å². The van der Waals surface area contributed by atoms with Gasteiger partial charge in [0.05, 0.1) is 30.3 Å². The van der Waals surface area contributed by atoms with Crippen molar-refractivity contribution < 1.29 is 20.1 Å². The van der Waals surface area contributed by atoms with Crippen LogP contribution in [0.4, 0.5) is 0 Å². The molecule has 2 aliphatic carbocycles. The maximum absolute atomic E-state index is 11.0. The summed E-state index contributed by atoms with van der Waals surface area (Å²) in [6.07, 6.45) is 5.98. The van der Waals surface area contributed by atoms with E-state index in [9.17, 15) is 15.3 Å². The fourth-order valence-electron chi connectivity index (χ4n) is 6.72. The highest BCUT2D eigenvalue weighted by Gasteiger charge is 2.64. The Hall–Kier alpha value is 0.130. The van der Waals surface area contributed by atoms with Crippen LogP contribution in [0.5, 0.6) is 0 Å². The Balaban J connectivity index is 1.92. The van der Waals surface area contributed by atoms with Gasteiger partial charge < -0.3 is 20.1 Å². The number of halogens is 1. The Morgan fingerprint density at radius 1 is 1.12 bits per heavy atom. The Morgan fingerprint density at radius 3 is 2.40 bits per heavy atom. The van der Waals surface area contributed by atoms with Crippen LogP contribution in [0.25, 0.3) is 0 Å². The molecule has 0 aromatic carbocycles. The van der Waals surface area contributed by atoms with Crippen molar-refractivity contribution in [3.8, 4) is 0 Å². The average molecular weight is 375 g/mol.